The van der Waals surface area contributed by atoms with Crippen molar-refractivity contribution in [2.24, 2.45) is 0 Å². The van der Waals surface area contributed by atoms with Crippen LogP contribution in [0.2, 0.25) is 0 Å². The van der Waals surface area contributed by atoms with E-state index in [1.807, 2.05) is 56.0 Å². The van der Waals surface area contributed by atoms with Crippen molar-refractivity contribution >= 4 is 28.8 Å². The second-order valence-electron chi connectivity index (χ2n) is 10.5. The quantitative estimate of drug-likeness (QED) is 0.310. The number of anilines is 1. The van der Waals surface area contributed by atoms with Crippen molar-refractivity contribution in [3.05, 3.63) is 48.3 Å². The summed E-state index contributed by atoms with van der Waals surface area (Å²) in [4.78, 5) is 34.3. The number of unbranched alkanes of at least 4 members (excludes halogenated alkanes) is 2. The van der Waals surface area contributed by atoms with Gasteiger partial charge in [-0.15, -0.1) is 0 Å². The lowest BCUT2D eigenvalue weighted by molar-refractivity contribution is 0.0543. The molecule has 1 fully saturated rings. The van der Waals surface area contributed by atoms with Crippen molar-refractivity contribution in [2.45, 2.75) is 65.5 Å². The fourth-order valence-corrected chi connectivity index (χ4v) is 4.54. The van der Waals surface area contributed by atoms with Crippen LogP contribution in [0.1, 0.15) is 58.9 Å². The Morgan fingerprint density at radius 1 is 1.08 bits per heavy atom. The van der Waals surface area contributed by atoms with Crippen LogP contribution in [0, 0.1) is 0 Å². The van der Waals surface area contributed by atoms with E-state index >= 15 is 0 Å². The number of hydrogen-bond donors (Lipinski definition) is 0. The minimum Gasteiger partial charge on any atom is -0.493 e. The Bertz CT molecular complexity index is 1280. The van der Waals surface area contributed by atoms with E-state index < -0.39 is 11.7 Å². The molecule has 0 N–H and O–H groups in total. The minimum absolute atomic E-state index is 0.0742. The van der Waals surface area contributed by atoms with E-state index in [4.69, 9.17) is 14.2 Å². The molecule has 1 aliphatic rings. The lowest BCUT2D eigenvalue weighted by atomic mass is 10.1. The van der Waals surface area contributed by atoms with Gasteiger partial charge in [-0.05, 0) is 63.4 Å². The molecule has 2 amide bonds. The number of ether oxygens (including phenoxy) is 3. The van der Waals surface area contributed by atoms with Gasteiger partial charge in [0.15, 0.2) is 11.5 Å². The van der Waals surface area contributed by atoms with Gasteiger partial charge in [0.2, 0.25) is 0 Å². The molecule has 38 heavy (non-hydrogen) atoms. The fraction of sp³-hybridized carbons (Fsp3) is 0.483. The first-order valence-electron chi connectivity index (χ1n) is 13.3. The topological polar surface area (TPSA) is 86.1 Å². The summed E-state index contributed by atoms with van der Waals surface area (Å²) in [5, 5.41) is 0.815. The number of benzene rings is 1. The van der Waals surface area contributed by atoms with Gasteiger partial charge < -0.3 is 19.1 Å². The normalized spacial score (nSPS) is 14.2. The maximum absolute atomic E-state index is 13.6. The van der Waals surface area contributed by atoms with Gasteiger partial charge in [-0.1, -0.05) is 19.8 Å². The summed E-state index contributed by atoms with van der Waals surface area (Å²) >= 11 is 0. The summed E-state index contributed by atoms with van der Waals surface area (Å²) in [5.41, 5.74) is 1.60. The van der Waals surface area contributed by atoms with Crippen LogP contribution < -0.4 is 14.4 Å². The van der Waals surface area contributed by atoms with E-state index in [1.165, 1.54) is 4.57 Å². The van der Waals surface area contributed by atoms with Gasteiger partial charge in [0.05, 0.1) is 13.7 Å². The van der Waals surface area contributed by atoms with Crippen LogP contribution in [-0.4, -0.2) is 59.0 Å². The highest BCUT2D eigenvalue weighted by molar-refractivity contribution is 5.94. The fourth-order valence-electron chi connectivity index (χ4n) is 4.54. The van der Waals surface area contributed by atoms with Gasteiger partial charge in [-0.3, -0.25) is 4.90 Å². The number of rotatable bonds is 9. The summed E-state index contributed by atoms with van der Waals surface area (Å²) in [5.74, 6) is 1.30. The molecule has 2 aromatic heterocycles. The number of carbonyl (C=O) groups excluding carboxylic acids is 2. The van der Waals surface area contributed by atoms with Crippen molar-refractivity contribution in [3.63, 3.8) is 0 Å². The van der Waals surface area contributed by atoms with E-state index in [2.05, 4.69) is 11.9 Å². The van der Waals surface area contributed by atoms with Gasteiger partial charge in [0, 0.05) is 49.2 Å². The van der Waals surface area contributed by atoms with E-state index in [0.717, 1.165) is 42.3 Å². The van der Waals surface area contributed by atoms with Crippen LogP contribution in [0.5, 0.6) is 11.5 Å². The van der Waals surface area contributed by atoms with Crippen LogP contribution in [0.4, 0.5) is 15.3 Å². The smallest absolute Gasteiger partial charge is 0.420 e. The first-order chi connectivity index (χ1) is 18.2. The van der Waals surface area contributed by atoms with Crippen molar-refractivity contribution in [3.8, 4) is 11.5 Å². The van der Waals surface area contributed by atoms with Crippen molar-refractivity contribution in [1.82, 2.24) is 14.5 Å². The summed E-state index contributed by atoms with van der Waals surface area (Å²) in [6.07, 6.45) is 6.87. The molecular weight excluding hydrogens is 484 g/mol. The van der Waals surface area contributed by atoms with E-state index in [-0.39, 0.29) is 6.03 Å². The third-order valence-electron chi connectivity index (χ3n) is 6.40. The molecule has 9 nitrogen and oxygen atoms in total. The number of aromatic nitrogens is 2. The number of pyridine rings is 1. The maximum atomic E-state index is 13.6. The Hall–Kier alpha value is -3.75. The molecule has 3 aromatic rings. The zero-order chi connectivity index (χ0) is 27.3. The maximum Gasteiger partial charge on any atom is 0.420 e. The second kappa shape index (κ2) is 11.8. The highest BCUT2D eigenvalue weighted by atomic mass is 16.6. The van der Waals surface area contributed by atoms with Crippen LogP contribution in [0.3, 0.4) is 0 Å². The molecular formula is C29H38N4O5. The Balaban J connectivity index is 1.52. The third kappa shape index (κ3) is 6.20. The number of carbonyl (C=O) groups is 2. The van der Waals surface area contributed by atoms with Crippen molar-refractivity contribution in [2.75, 3.05) is 31.7 Å². The van der Waals surface area contributed by atoms with Crippen LogP contribution in [0.15, 0.2) is 42.7 Å². The standard InChI is InChI=1S/C29H38N4O5/c1-6-7-8-18-37-25-19-22(10-11-24(25)36-5)32-16-9-15-31(27(32)34)20-21-12-14-30-26-23(21)13-17-33(26)28(35)38-29(2,3)4/h10-14,17,19H,6-9,15-16,18,20H2,1-5H3. The first kappa shape index (κ1) is 27.3. The molecule has 1 saturated heterocycles. The molecule has 4 rings (SSSR count). The van der Waals surface area contributed by atoms with Gasteiger partial charge in [-0.25, -0.2) is 19.1 Å². The SMILES string of the molecule is CCCCCOc1cc(N2CCCN(Cc3ccnc4c3ccn4C(=O)OC(C)(C)C)C2=O)ccc1OC. The molecule has 0 bridgehead atoms. The van der Waals surface area contributed by atoms with Gasteiger partial charge in [-0.2, -0.15) is 0 Å². The van der Waals surface area contributed by atoms with Gasteiger partial charge >= 0.3 is 12.1 Å². The predicted molar refractivity (Wildman–Crippen MR) is 147 cm³/mol. The summed E-state index contributed by atoms with van der Waals surface area (Å²) in [6, 6.07) is 9.29. The Kier molecular flexibility index (Phi) is 8.44. The van der Waals surface area contributed by atoms with Gasteiger partial charge in [0.1, 0.15) is 11.2 Å². The summed E-state index contributed by atoms with van der Waals surface area (Å²) in [7, 11) is 1.62. The van der Waals surface area contributed by atoms with Crippen molar-refractivity contribution < 1.29 is 23.8 Å². The molecule has 0 aliphatic carbocycles. The molecule has 0 unspecified atom stereocenters. The van der Waals surface area contributed by atoms with Crippen LogP contribution in [0.25, 0.3) is 11.0 Å². The van der Waals surface area contributed by atoms with E-state index in [1.54, 1.807) is 24.4 Å². The average Bonchev–Trinajstić information content (AvgIpc) is 3.32. The lowest BCUT2D eigenvalue weighted by Gasteiger charge is -2.36. The molecule has 204 valence electrons. The highest BCUT2D eigenvalue weighted by Gasteiger charge is 2.28. The Labute approximate surface area is 224 Å². The first-order valence-corrected chi connectivity index (χ1v) is 13.3. The molecule has 1 aliphatic heterocycles. The molecule has 1 aromatic carbocycles. The second-order valence-corrected chi connectivity index (χ2v) is 10.5. The Morgan fingerprint density at radius 2 is 1.89 bits per heavy atom. The molecule has 0 radical (unpaired) electrons. The Morgan fingerprint density at radius 3 is 2.63 bits per heavy atom. The third-order valence-corrected chi connectivity index (χ3v) is 6.40. The van der Waals surface area contributed by atoms with Crippen LogP contribution in [-0.2, 0) is 11.3 Å². The number of nitrogens with zero attached hydrogens (tertiary/aromatic N) is 4. The number of urea groups is 1. The number of amides is 2. The number of fused-ring (bicyclic) bond motifs is 1. The van der Waals surface area contributed by atoms with Crippen LogP contribution >= 0.6 is 0 Å². The number of methoxy groups -OCH3 is 1. The van der Waals surface area contributed by atoms with Gasteiger partial charge in [0.25, 0.3) is 0 Å². The van der Waals surface area contributed by atoms with E-state index in [0.29, 0.717) is 43.4 Å². The molecule has 3 heterocycles. The minimum atomic E-state index is -0.614. The monoisotopic (exact) mass is 522 g/mol. The molecule has 0 saturated carbocycles. The number of hydrogen-bond acceptors (Lipinski definition) is 6. The molecule has 0 spiro atoms. The van der Waals surface area contributed by atoms with Crippen molar-refractivity contribution in [1.29, 1.82) is 0 Å². The molecule has 9 heteroatoms. The summed E-state index contributed by atoms with van der Waals surface area (Å²) < 4.78 is 18.4. The predicted octanol–water partition coefficient (Wildman–Crippen LogP) is 6.23. The zero-order valence-corrected chi connectivity index (χ0v) is 23.0. The summed E-state index contributed by atoms with van der Waals surface area (Å²) in [6.45, 7) is 9.91. The zero-order valence-electron chi connectivity index (χ0n) is 23.0. The van der Waals surface area contributed by atoms with E-state index in [9.17, 15) is 9.59 Å². The lowest BCUT2D eigenvalue weighted by Crippen LogP contribution is -2.49. The highest BCUT2D eigenvalue weighted by Crippen LogP contribution is 2.34. The molecule has 0 atom stereocenters. The average molecular weight is 523 g/mol. The largest absolute Gasteiger partial charge is 0.493 e.